The summed E-state index contributed by atoms with van der Waals surface area (Å²) < 4.78 is 40.4. The average molecular weight is 415 g/mol. The molecule has 0 aliphatic heterocycles. The SMILES string of the molecule is Cc1nn(-c2cccc(C(F)(F)F)c2)c(C)c1C(=O)C(=O)N(C)Cc1ccccc1. The van der Waals surface area contributed by atoms with E-state index in [2.05, 4.69) is 5.10 Å². The summed E-state index contributed by atoms with van der Waals surface area (Å²) in [6.07, 6.45) is -4.50. The predicted molar refractivity (Wildman–Crippen MR) is 105 cm³/mol. The van der Waals surface area contributed by atoms with Crippen LogP contribution in [0.2, 0.25) is 0 Å². The number of likely N-dealkylation sites (N-methyl/N-ethyl adjacent to an activating group) is 1. The van der Waals surface area contributed by atoms with Crippen LogP contribution in [0.5, 0.6) is 0 Å². The number of Topliss-reactive ketones (excluding diaryl/α,β-unsaturated/α-hetero) is 1. The van der Waals surface area contributed by atoms with Gasteiger partial charge in [-0.3, -0.25) is 9.59 Å². The van der Waals surface area contributed by atoms with E-state index in [-0.39, 0.29) is 23.5 Å². The standard InChI is InChI=1S/C22H20F3N3O2/c1-14-19(20(29)21(30)27(3)13-16-8-5-4-6-9-16)15(2)28(26-14)18-11-7-10-17(12-18)22(23,24)25/h4-12H,13H2,1-3H3. The molecule has 3 aromatic rings. The summed E-state index contributed by atoms with van der Waals surface area (Å²) in [6, 6.07) is 13.9. The minimum Gasteiger partial charge on any atom is -0.335 e. The van der Waals surface area contributed by atoms with Gasteiger partial charge in [0.2, 0.25) is 0 Å². The van der Waals surface area contributed by atoms with Gasteiger partial charge in [0.25, 0.3) is 11.7 Å². The maximum absolute atomic E-state index is 13.0. The van der Waals surface area contributed by atoms with Gasteiger partial charge in [0, 0.05) is 13.6 Å². The minimum absolute atomic E-state index is 0.0947. The Kier molecular flexibility index (Phi) is 5.78. The van der Waals surface area contributed by atoms with Crippen molar-refractivity contribution in [1.82, 2.24) is 14.7 Å². The molecule has 0 unspecified atom stereocenters. The van der Waals surface area contributed by atoms with E-state index in [9.17, 15) is 22.8 Å². The summed E-state index contributed by atoms with van der Waals surface area (Å²) in [5, 5.41) is 4.21. The number of amides is 1. The summed E-state index contributed by atoms with van der Waals surface area (Å²) in [4.78, 5) is 26.8. The van der Waals surface area contributed by atoms with E-state index in [0.29, 0.717) is 5.69 Å². The highest BCUT2D eigenvalue weighted by Crippen LogP contribution is 2.31. The molecule has 156 valence electrons. The lowest BCUT2D eigenvalue weighted by Gasteiger charge is -2.16. The summed E-state index contributed by atoms with van der Waals surface area (Å²) in [7, 11) is 1.52. The van der Waals surface area contributed by atoms with Crippen molar-refractivity contribution in [3.63, 3.8) is 0 Å². The maximum Gasteiger partial charge on any atom is 0.416 e. The zero-order valence-electron chi connectivity index (χ0n) is 16.7. The molecule has 3 rings (SSSR count). The second-order valence-electron chi connectivity index (χ2n) is 6.98. The van der Waals surface area contributed by atoms with Crippen LogP contribution in [0.1, 0.15) is 32.9 Å². The van der Waals surface area contributed by atoms with Crippen molar-refractivity contribution in [3.05, 3.63) is 82.7 Å². The lowest BCUT2D eigenvalue weighted by molar-refractivity contribution is -0.137. The molecule has 30 heavy (non-hydrogen) atoms. The van der Waals surface area contributed by atoms with Gasteiger partial charge in [0.05, 0.1) is 28.2 Å². The molecule has 1 aromatic heterocycles. The van der Waals surface area contributed by atoms with E-state index in [4.69, 9.17) is 0 Å². The monoisotopic (exact) mass is 415 g/mol. The van der Waals surface area contributed by atoms with E-state index in [1.54, 1.807) is 13.8 Å². The summed E-state index contributed by atoms with van der Waals surface area (Å²) >= 11 is 0. The Morgan fingerprint density at radius 2 is 1.70 bits per heavy atom. The molecule has 0 saturated heterocycles. The number of aromatic nitrogens is 2. The Labute approximate surface area is 171 Å². The third-order valence-electron chi connectivity index (χ3n) is 4.74. The first kappa shape index (κ1) is 21.3. The highest BCUT2D eigenvalue weighted by atomic mass is 19.4. The lowest BCUT2D eigenvalue weighted by atomic mass is 10.1. The summed E-state index contributed by atoms with van der Waals surface area (Å²) in [6.45, 7) is 3.36. The molecule has 2 aromatic carbocycles. The van der Waals surface area contributed by atoms with Crippen LogP contribution >= 0.6 is 0 Å². The van der Waals surface area contributed by atoms with E-state index < -0.39 is 23.4 Å². The number of ketones is 1. The van der Waals surface area contributed by atoms with Gasteiger partial charge in [0.1, 0.15) is 0 Å². The molecule has 0 aliphatic rings. The van der Waals surface area contributed by atoms with Crippen molar-refractivity contribution in [2.75, 3.05) is 7.05 Å². The molecule has 1 amide bonds. The molecule has 0 N–H and O–H groups in total. The van der Waals surface area contributed by atoms with Crippen LogP contribution in [0.3, 0.4) is 0 Å². The fraction of sp³-hybridized carbons (Fsp3) is 0.227. The molecule has 0 spiro atoms. The van der Waals surface area contributed by atoms with Crippen molar-refractivity contribution < 1.29 is 22.8 Å². The normalized spacial score (nSPS) is 11.4. The van der Waals surface area contributed by atoms with Gasteiger partial charge in [0.15, 0.2) is 0 Å². The van der Waals surface area contributed by atoms with E-state index in [1.807, 2.05) is 30.3 Å². The fourth-order valence-electron chi connectivity index (χ4n) is 3.25. The van der Waals surface area contributed by atoms with Gasteiger partial charge in [-0.25, -0.2) is 4.68 Å². The van der Waals surface area contributed by atoms with Gasteiger partial charge >= 0.3 is 6.18 Å². The highest BCUT2D eigenvalue weighted by Gasteiger charge is 2.31. The number of nitrogens with zero attached hydrogens (tertiary/aromatic N) is 3. The largest absolute Gasteiger partial charge is 0.416 e. The van der Waals surface area contributed by atoms with Crippen LogP contribution in [0.15, 0.2) is 54.6 Å². The van der Waals surface area contributed by atoms with Crippen molar-refractivity contribution in [1.29, 1.82) is 0 Å². The van der Waals surface area contributed by atoms with Crippen molar-refractivity contribution in [3.8, 4) is 5.69 Å². The second-order valence-corrected chi connectivity index (χ2v) is 6.98. The predicted octanol–water partition coefficient (Wildman–Crippen LogP) is 4.35. The van der Waals surface area contributed by atoms with Gasteiger partial charge in [-0.05, 0) is 37.6 Å². The van der Waals surface area contributed by atoms with Crippen LogP contribution < -0.4 is 0 Å². The Hall–Kier alpha value is -3.42. The first-order valence-electron chi connectivity index (χ1n) is 9.17. The lowest BCUT2D eigenvalue weighted by Crippen LogP contribution is -2.33. The molecule has 0 fully saturated rings. The number of rotatable bonds is 5. The average Bonchev–Trinajstić information content (AvgIpc) is 3.01. The quantitative estimate of drug-likeness (QED) is 0.460. The molecule has 0 saturated carbocycles. The molecular weight excluding hydrogens is 395 g/mol. The first-order chi connectivity index (χ1) is 14.1. The topological polar surface area (TPSA) is 55.2 Å². The van der Waals surface area contributed by atoms with E-state index in [1.165, 1.54) is 28.8 Å². The molecule has 0 atom stereocenters. The van der Waals surface area contributed by atoms with Crippen molar-refractivity contribution in [2.24, 2.45) is 0 Å². The van der Waals surface area contributed by atoms with Gasteiger partial charge < -0.3 is 4.90 Å². The Morgan fingerprint density at radius 1 is 1.03 bits per heavy atom. The minimum atomic E-state index is -4.50. The molecule has 5 nitrogen and oxygen atoms in total. The summed E-state index contributed by atoms with van der Waals surface area (Å²) in [5.41, 5.74) is 0.884. The maximum atomic E-state index is 13.0. The number of hydrogen-bond donors (Lipinski definition) is 0. The van der Waals surface area contributed by atoms with Gasteiger partial charge in [-0.1, -0.05) is 36.4 Å². The molecule has 1 heterocycles. The number of aryl methyl sites for hydroxylation is 1. The van der Waals surface area contributed by atoms with Crippen molar-refractivity contribution >= 4 is 11.7 Å². The molecule has 8 heteroatoms. The first-order valence-corrected chi connectivity index (χ1v) is 9.17. The Balaban J connectivity index is 1.90. The molecule has 0 bridgehead atoms. The second kappa shape index (κ2) is 8.14. The zero-order chi connectivity index (χ0) is 22.1. The van der Waals surface area contributed by atoms with E-state index in [0.717, 1.165) is 17.7 Å². The van der Waals surface area contributed by atoms with Crippen LogP contribution in [0.25, 0.3) is 5.69 Å². The number of hydrogen-bond acceptors (Lipinski definition) is 3. The third kappa shape index (κ3) is 4.27. The van der Waals surface area contributed by atoms with Crippen LogP contribution in [0, 0.1) is 13.8 Å². The Bertz CT molecular complexity index is 1090. The smallest absolute Gasteiger partial charge is 0.335 e. The summed E-state index contributed by atoms with van der Waals surface area (Å²) in [5.74, 6) is -1.46. The number of carbonyl (C=O) groups excluding carboxylic acids is 2. The molecular formula is C22H20F3N3O2. The van der Waals surface area contributed by atoms with E-state index >= 15 is 0 Å². The Morgan fingerprint density at radius 3 is 2.33 bits per heavy atom. The number of benzene rings is 2. The van der Waals surface area contributed by atoms with Crippen LogP contribution in [-0.2, 0) is 17.5 Å². The highest BCUT2D eigenvalue weighted by molar-refractivity contribution is 6.43. The number of alkyl halides is 3. The zero-order valence-corrected chi connectivity index (χ0v) is 16.7. The fourth-order valence-corrected chi connectivity index (χ4v) is 3.25. The van der Waals surface area contributed by atoms with Crippen LogP contribution in [0.4, 0.5) is 13.2 Å². The number of carbonyl (C=O) groups is 2. The molecule has 0 aliphatic carbocycles. The molecule has 0 radical (unpaired) electrons. The van der Waals surface area contributed by atoms with Gasteiger partial charge in [-0.15, -0.1) is 0 Å². The van der Waals surface area contributed by atoms with Crippen LogP contribution in [-0.4, -0.2) is 33.4 Å². The van der Waals surface area contributed by atoms with Crippen molar-refractivity contribution in [2.45, 2.75) is 26.6 Å². The third-order valence-corrected chi connectivity index (χ3v) is 4.74. The number of halogens is 3. The van der Waals surface area contributed by atoms with Gasteiger partial charge in [-0.2, -0.15) is 18.3 Å².